The third-order valence-electron chi connectivity index (χ3n) is 2.00. The van der Waals surface area contributed by atoms with Gasteiger partial charge in [-0.2, -0.15) is 18.3 Å². The molecule has 15 heavy (non-hydrogen) atoms. The Bertz CT molecular complexity index is 339. The monoisotopic (exact) mass is 221 g/mol. The summed E-state index contributed by atoms with van der Waals surface area (Å²) < 4.78 is 38.7. The van der Waals surface area contributed by atoms with Gasteiger partial charge < -0.3 is 5.73 Å². The van der Waals surface area contributed by atoms with E-state index in [9.17, 15) is 13.2 Å². The molecule has 1 aromatic heterocycles. The van der Waals surface area contributed by atoms with Crippen molar-refractivity contribution in [3.05, 3.63) is 17.5 Å². The normalized spacial score (nSPS) is 14.7. The van der Waals surface area contributed by atoms with Crippen LogP contribution in [-0.2, 0) is 6.18 Å². The smallest absolute Gasteiger partial charge is 0.323 e. The molecule has 86 valence electrons. The van der Waals surface area contributed by atoms with Crippen LogP contribution in [0.4, 0.5) is 13.2 Å². The molecule has 0 saturated heterocycles. The van der Waals surface area contributed by atoms with Gasteiger partial charge in [-0.25, -0.2) is 0 Å². The van der Waals surface area contributed by atoms with Crippen molar-refractivity contribution in [3.63, 3.8) is 0 Å². The Morgan fingerprint density at radius 2 is 1.87 bits per heavy atom. The van der Waals surface area contributed by atoms with E-state index >= 15 is 0 Å². The lowest BCUT2D eigenvalue weighted by molar-refractivity contribution is -0.144. The van der Waals surface area contributed by atoms with E-state index < -0.39 is 17.9 Å². The molecule has 0 aliphatic carbocycles. The van der Waals surface area contributed by atoms with Gasteiger partial charge in [0.25, 0.3) is 0 Å². The molecule has 0 aliphatic heterocycles. The molecule has 1 rings (SSSR count). The molecule has 0 saturated carbocycles. The van der Waals surface area contributed by atoms with Crippen molar-refractivity contribution in [2.45, 2.75) is 39.0 Å². The van der Waals surface area contributed by atoms with Crippen LogP contribution in [-0.4, -0.2) is 9.78 Å². The lowest BCUT2D eigenvalue weighted by atomic mass is 10.2. The first-order valence-electron chi connectivity index (χ1n) is 4.65. The zero-order valence-electron chi connectivity index (χ0n) is 8.84. The van der Waals surface area contributed by atoms with Crippen LogP contribution in [0.15, 0.2) is 6.07 Å². The van der Waals surface area contributed by atoms with Crippen molar-refractivity contribution in [3.8, 4) is 0 Å². The number of hydrogen-bond acceptors (Lipinski definition) is 2. The van der Waals surface area contributed by atoms with Crippen molar-refractivity contribution in [2.24, 2.45) is 5.73 Å². The average Bonchev–Trinajstić information content (AvgIpc) is 2.45. The van der Waals surface area contributed by atoms with E-state index in [1.807, 2.05) is 0 Å². The molecule has 1 heterocycles. The van der Waals surface area contributed by atoms with Crippen LogP contribution in [0.2, 0.25) is 0 Å². The minimum atomic E-state index is -4.38. The molecule has 0 aliphatic rings. The van der Waals surface area contributed by atoms with Crippen molar-refractivity contribution >= 4 is 0 Å². The lowest BCUT2D eigenvalue weighted by Crippen LogP contribution is -2.16. The summed E-state index contributed by atoms with van der Waals surface area (Å²) in [5.74, 6) is 0. The second kappa shape index (κ2) is 3.84. The highest BCUT2D eigenvalue weighted by Crippen LogP contribution is 2.32. The standard InChI is InChI=1S/C9H14F3N3/c1-5(2)15-8(9(10,11)12)4-7(14-15)6(3)13/h4-6H,13H2,1-3H3. The van der Waals surface area contributed by atoms with E-state index in [4.69, 9.17) is 5.73 Å². The molecule has 0 spiro atoms. The Kier molecular flexibility index (Phi) is 3.08. The van der Waals surface area contributed by atoms with Crippen LogP contribution < -0.4 is 5.73 Å². The van der Waals surface area contributed by atoms with E-state index in [0.29, 0.717) is 0 Å². The number of nitrogens with zero attached hydrogens (tertiary/aromatic N) is 2. The second-order valence-electron chi connectivity index (χ2n) is 3.78. The fraction of sp³-hybridized carbons (Fsp3) is 0.667. The largest absolute Gasteiger partial charge is 0.433 e. The van der Waals surface area contributed by atoms with E-state index in [1.54, 1.807) is 20.8 Å². The van der Waals surface area contributed by atoms with E-state index in [2.05, 4.69) is 5.10 Å². The Hall–Kier alpha value is -1.04. The highest BCUT2D eigenvalue weighted by molar-refractivity contribution is 5.16. The maximum absolute atomic E-state index is 12.6. The molecular formula is C9H14F3N3. The summed E-state index contributed by atoms with van der Waals surface area (Å²) in [4.78, 5) is 0. The van der Waals surface area contributed by atoms with Crippen LogP contribution in [0, 0.1) is 0 Å². The number of hydrogen-bond donors (Lipinski definition) is 1. The van der Waals surface area contributed by atoms with Gasteiger partial charge >= 0.3 is 6.18 Å². The second-order valence-corrected chi connectivity index (χ2v) is 3.78. The van der Waals surface area contributed by atoms with Gasteiger partial charge in [0, 0.05) is 12.1 Å². The summed E-state index contributed by atoms with van der Waals surface area (Å²) in [6.45, 7) is 4.90. The van der Waals surface area contributed by atoms with Gasteiger partial charge in [0.2, 0.25) is 0 Å². The van der Waals surface area contributed by atoms with Gasteiger partial charge in [-0.1, -0.05) is 0 Å². The number of aromatic nitrogens is 2. The third kappa shape index (κ3) is 2.50. The fourth-order valence-electron chi connectivity index (χ4n) is 1.24. The lowest BCUT2D eigenvalue weighted by Gasteiger charge is -2.12. The van der Waals surface area contributed by atoms with Crippen LogP contribution in [0.3, 0.4) is 0 Å². The molecule has 0 aromatic carbocycles. The zero-order valence-corrected chi connectivity index (χ0v) is 8.84. The Morgan fingerprint density at radius 3 is 2.13 bits per heavy atom. The predicted molar refractivity (Wildman–Crippen MR) is 50.2 cm³/mol. The van der Waals surface area contributed by atoms with Crippen molar-refractivity contribution in [1.82, 2.24) is 9.78 Å². The van der Waals surface area contributed by atoms with Crippen LogP contribution in [0.1, 0.15) is 44.2 Å². The Balaban J connectivity index is 3.24. The summed E-state index contributed by atoms with van der Waals surface area (Å²) in [6, 6.07) is 0.172. The predicted octanol–water partition coefficient (Wildman–Crippen LogP) is 2.50. The van der Waals surface area contributed by atoms with E-state index in [-0.39, 0.29) is 11.7 Å². The van der Waals surface area contributed by atoms with Crippen molar-refractivity contribution < 1.29 is 13.2 Å². The molecule has 0 radical (unpaired) electrons. The van der Waals surface area contributed by atoms with Gasteiger partial charge in [-0.05, 0) is 26.8 Å². The van der Waals surface area contributed by atoms with Crippen molar-refractivity contribution in [1.29, 1.82) is 0 Å². The molecule has 2 N–H and O–H groups in total. The number of alkyl halides is 3. The Labute approximate surface area is 86.1 Å². The molecule has 3 nitrogen and oxygen atoms in total. The SMILES string of the molecule is CC(N)c1cc(C(F)(F)F)n(C(C)C)n1. The molecule has 0 amide bonds. The first kappa shape index (κ1) is 12.0. The highest BCUT2D eigenvalue weighted by Gasteiger charge is 2.36. The van der Waals surface area contributed by atoms with Gasteiger partial charge in [-0.15, -0.1) is 0 Å². The topological polar surface area (TPSA) is 43.8 Å². The molecule has 1 atom stereocenters. The quantitative estimate of drug-likeness (QED) is 0.833. The average molecular weight is 221 g/mol. The fourth-order valence-corrected chi connectivity index (χ4v) is 1.24. The molecule has 1 aromatic rings. The van der Waals surface area contributed by atoms with Crippen molar-refractivity contribution in [2.75, 3.05) is 0 Å². The molecule has 1 unspecified atom stereocenters. The minimum Gasteiger partial charge on any atom is -0.323 e. The maximum Gasteiger partial charge on any atom is 0.433 e. The Morgan fingerprint density at radius 1 is 1.33 bits per heavy atom. The van der Waals surface area contributed by atoms with Gasteiger partial charge in [0.05, 0.1) is 5.69 Å². The minimum absolute atomic E-state index is 0.260. The summed E-state index contributed by atoms with van der Waals surface area (Å²) in [5.41, 5.74) is 5.01. The highest BCUT2D eigenvalue weighted by atomic mass is 19.4. The third-order valence-corrected chi connectivity index (χ3v) is 2.00. The van der Waals surface area contributed by atoms with Crippen LogP contribution in [0.5, 0.6) is 0 Å². The van der Waals surface area contributed by atoms with E-state index in [1.165, 1.54) is 0 Å². The summed E-state index contributed by atoms with van der Waals surface area (Å²) in [6.07, 6.45) is -4.38. The summed E-state index contributed by atoms with van der Waals surface area (Å²) in [5, 5.41) is 3.85. The molecule has 6 heteroatoms. The van der Waals surface area contributed by atoms with Gasteiger partial charge in [0.1, 0.15) is 5.69 Å². The first-order valence-corrected chi connectivity index (χ1v) is 4.65. The molecule has 0 bridgehead atoms. The summed E-state index contributed by atoms with van der Waals surface area (Å²) >= 11 is 0. The zero-order chi connectivity index (χ0) is 11.8. The number of halogens is 3. The molecular weight excluding hydrogens is 207 g/mol. The summed E-state index contributed by atoms with van der Waals surface area (Å²) in [7, 11) is 0. The van der Waals surface area contributed by atoms with Crippen LogP contribution >= 0.6 is 0 Å². The first-order chi connectivity index (χ1) is 6.73. The number of nitrogens with two attached hydrogens (primary N) is 1. The number of rotatable bonds is 2. The van der Waals surface area contributed by atoms with Gasteiger partial charge in [0.15, 0.2) is 0 Å². The van der Waals surface area contributed by atoms with Gasteiger partial charge in [-0.3, -0.25) is 4.68 Å². The maximum atomic E-state index is 12.6. The van der Waals surface area contributed by atoms with E-state index in [0.717, 1.165) is 10.7 Å². The van der Waals surface area contributed by atoms with Crippen LogP contribution in [0.25, 0.3) is 0 Å². The molecule has 0 fully saturated rings.